The Morgan fingerprint density at radius 2 is 1.73 bits per heavy atom. The maximum Gasteiger partial charge on any atom is 0.241 e. The van der Waals surface area contributed by atoms with Crippen molar-refractivity contribution in [3.8, 4) is 6.07 Å². The van der Waals surface area contributed by atoms with Crippen LogP contribution in [0.5, 0.6) is 0 Å². The highest BCUT2D eigenvalue weighted by atomic mass is 32.2. The number of nitrogens with zero attached hydrogens (tertiary/aromatic N) is 1. The van der Waals surface area contributed by atoms with E-state index < -0.39 is 16.1 Å². The third-order valence-electron chi connectivity index (χ3n) is 4.35. The predicted molar refractivity (Wildman–Crippen MR) is 97.7 cm³/mol. The molecule has 0 spiro atoms. The first-order chi connectivity index (χ1) is 12.4. The smallest absolute Gasteiger partial charge is 0.241 e. The van der Waals surface area contributed by atoms with Crippen LogP contribution in [0, 0.1) is 18.3 Å². The van der Waals surface area contributed by atoms with E-state index in [1.54, 1.807) is 54.6 Å². The van der Waals surface area contributed by atoms with E-state index in [9.17, 15) is 13.2 Å². The van der Waals surface area contributed by atoms with E-state index in [2.05, 4.69) is 4.72 Å². The van der Waals surface area contributed by atoms with Gasteiger partial charge < -0.3 is 0 Å². The summed E-state index contributed by atoms with van der Waals surface area (Å²) in [5.74, 6) is -0.0639. The van der Waals surface area contributed by atoms with Crippen molar-refractivity contribution >= 4 is 15.8 Å². The lowest BCUT2D eigenvalue weighted by Crippen LogP contribution is -2.31. The van der Waals surface area contributed by atoms with E-state index in [1.807, 2.05) is 13.0 Å². The SMILES string of the molecule is Cc1ccc(S(=O)(=O)NC(C2=CCCC2=O)c2ccc(C#N)cc2)cc1. The quantitative estimate of drug-likeness (QED) is 0.880. The van der Waals surface area contributed by atoms with Gasteiger partial charge in [-0.25, -0.2) is 8.42 Å². The lowest BCUT2D eigenvalue weighted by molar-refractivity contribution is -0.115. The highest BCUT2D eigenvalue weighted by molar-refractivity contribution is 7.89. The van der Waals surface area contributed by atoms with Crippen molar-refractivity contribution < 1.29 is 13.2 Å². The Kier molecular flexibility index (Phi) is 5.03. The molecule has 0 fully saturated rings. The van der Waals surface area contributed by atoms with Gasteiger partial charge in [-0.15, -0.1) is 0 Å². The molecule has 2 aromatic rings. The number of hydrogen-bond donors (Lipinski definition) is 1. The second-order valence-electron chi connectivity index (χ2n) is 6.22. The Morgan fingerprint density at radius 3 is 2.27 bits per heavy atom. The first kappa shape index (κ1) is 18.1. The molecule has 0 radical (unpaired) electrons. The average molecular weight is 366 g/mol. The number of aryl methyl sites for hydroxylation is 1. The van der Waals surface area contributed by atoms with Gasteiger partial charge in [0.2, 0.25) is 10.0 Å². The molecule has 1 aliphatic rings. The molecule has 26 heavy (non-hydrogen) atoms. The molecule has 0 heterocycles. The molecular weight excluding hydrogens is 348 g/mol. The van der Waals surface area contributed by atoms with Crippen molar-refractivity contribution in [2.75, 3.05) is 0 Å². The van der Waals surface area contributed by atoms with E-state index >= 15 is 0 Å². The van der Waals surface area contributed by atoms with Gasteiger partial charge in [0.15, 0.2) is 5.78 Å². The Bertz CT molecular complexity index is 999. The van der Waals surface area contributed by atoms with Gasteiger partial charge in [0.1, 0.15) is 0 Å². The van der Waals surface area contributed by atoms with Crippen LogP contribution in [0.15, 0.2) is 65.1 Å². The number of ketones is 1. The molecule has 1 N–H and O–H groups in total. The van der Waals surface area contributed by atoms with Crippen molar-refractivity contribution in [2.24, 2.45) is 0 Å². The molecule has 0 aliphatic heterocycles. The molecule has 3 rings (SSSR count). The van der Waals surface area contributed by atoms with Gasteiger partial charge in [0.05, 0.1) is 22.6 Å². The molecule has 0 saturated heterocycles. The lowest BCUT2D eigenvalue weighted by atomic mass is 9.97. The van der Waals surface area contributed by atoms with Gasteiger partial charge in [-0.2, -0.15) is 9.98 Å². The summed E-state index contributed by atoms with van der Waals surface area (Å²) in [6.07, 6.45) is 2.77. The minimum absolute atomic E-state index is 0.0639. The van der Waals surface area contributed by atoms with Crippen molar-refractivity contribution in [1.82, 2.24) is 4.72 Å². The number of nitriles is 1. The minimum Gasteiger partial charge on any atom is -0.294 e. The Hall–Kier alpha value is -2.75. The van der Waals surface area contributed by atoms with E-state index in [-0.39, 0.29) is 10.7 Å². The van der Waals surface area contributed by atoms with Crippen LogP contribution in [0.2, 0.25) is 0 Å². The molecule has 0 saturated carbocycles. The van der Waals surface area contributed by atoms with Gasteiger partial charge in [-0.1, -0.05) is 35.9 Å². The highest BCUT2D eigenvalue weighted by Crippen LogP contribution is 2.30. The second kappa shape index (κ2) is 7.24. The van der Waals surface area contributed by atoms with Gasteiger partial charge in [0, 0.05) is 12.0 Å². The first-order valence-electron chi connectivity index (χ1n) is 8.23. The summed E-state index contributed by atoms with van der Waals surface area (Å²) in [4.78, 5) is 12.4. The number of Topliss-reactive ketones (excluding diaryl/α,β-unsaturated/α-hetero) is 1. The average Bonchev–Trinajstić information content (AvgIpc) is 3.06. The fourth-order valence-electron chi connectivity index (χ4n) is 2.90. The molecule has 0 amide bonds. The molecular formula is C20H18N2O3S. The lowest BCUT2D eigenvalue weighted by Gasteiger charge is -2.20. The molecule has 1 aliphatic carbocycles. The van der Waals surface area contributed by atoms with Gasteiger partial charge in [-0.3, -0.25) is 4.79 Å². The van der Waals surface area contributed by atoms with E-state index in [4.69, 9.17) is 5.26 Å². The number of carbonyl (C=O) groups excluding carboxylic acids is 1. The molecule has 0 bridgehead atoms. The molecule has 132 valence electrons. The van der Waals surface area contributed by atoms with E-state index in [1.165, 1.54) is 0 Å². The second-order valence-corrected chi connectivity index (χ2v) is 7.94. The van der Waals surface area contributed by atoms with E-state index in [0.717, 1.165) is 5.56 Å². The van der Waals surface area contributed by atoms with Crippen molar-refractivity contribution in [3.05, 3.63) is 76.9 Å². The summed E-state index contributed by atoms with van der Waals surface area (Å²) < 4.78 is 28.3. The number of sulfonamides is 1. The summed E-state index contributed by atoms with van der Waals surface area (Å²) in [6.45, 7) is 1.88. The Morgan fingerprint density at radius 1 is 1.08 bits per heavy atom. The Balaban J connectivity index is 1.99. The van der Waals surface area contributed by atoms with Crippen LogP contribution in [0.25, 0.3) is 0 Å². The maximum atomic E-state index is 12.8. The van der Waals surface area contributed by atoms with Crippen LogP contribution in [-0.4, -0.2) is 14.2 Å². The molecule has 2 aromatic carbocycles. The van der Waals surface area contributed by atoms with Crippen LogP contribution in [0.1, 0.15) is 35.6 Å². The molecule has 1 atom stereocenters. The zero-order chi connectivity index (χ0) is 18.7. The normalized spacial score (nSPS) is 15.4. The van der Waals surface area contributed by atoms with E-state index in [0.29, 0.717) is 29.5 Å². The number of carbonyl (C=O) groups is 1. The number of allylic oxidation sites excluding steroid dienone is 1. The number of rotatable bonds is 5. The van der Waals surface area contributed by atoms with Gasteiger partial charge in [0.25, 0.3) is 0 Å². The van der Waals surface area contributed by atoms with Crippen molar-refractivity contribution in [3.63, 3.8) is 0 Å². The zero-order valence-electron chi connectivity index (χ0n) is 14.3. The van der Waals surface area contributed by atoms with Gasteiger partial charge in [-0.05, 0) is 43.2 Å². The summed E-state index contributed by atoms with van der Waals surface area (Å²) in [6, 6.07) is 14.4. The van der Waals surface area contributed by atoms with Crippen LogP contribution < -0.4 is 4.72 Å². The highest BCUT2D eigenvalue weighted by Gasteiger charge is 2.29. The summed E-state index contributed by atoms with van der Waals surface area (Å²) >= 11 is 0. The van der Waals surface area contributed by atoms with Crippen LogP contribution >= 0.6 is 0 Å². The number of hydrogen-bond acceptors (Lipinski definition) is 4. The number of nitrogens with one attached hydrogen (secondary N) is 1. The minimum atomic E-state index is -3.81. The maximum absolute atomic E-state index is 12.8. The molecule has 6 heteroatoms. The predicted octanol–water partition coefficient (Wildman–Crippen LogP) is 3.18. The fourth-order valence-corrected chi connectivity index (χ4v) is 4.10. The van der Waals surface area contributed by atoms with Crippen LogP contribution in [0.3, 0.4) is 0 Å². The largest absolute Gasteiger partial charge is 0.294 e. The van der Waals surface area contributed by atoms with Crippen molar-refractivity contribution in [2.45, 2.75) is 30.7 Å². The summed E-state index contributed by atoms with van der Waals surface area (Å²) in [5.41, 5.74) is 2.51. The fraction of sp³-hybridized carbons (Fsp3) is 0.200. The van der Waals surface area contributed by atoms with Crippen LogP contribution in [0.4, 0.5) is 0 Å². The summed E-state index contributed by atoms with van der Waals surface area (Å²) in [5, 5.41) is 8.95. The third kappa shape index (κ3) is 3.74. The monoisotopic (exact) mass is 366 g/mol. The topological polar surface area (TPSA) is 87.0 Å². The molecule has 5 nitrogen and oxygen atoms in total. The number of benzene rings is 2. The summed E-state index contributed by atoms with van der Waals surface area (Å²) in [7, 11) is -3.81. The zero-order valence-corrected chi connectivity index (χ0v) is 15.1. The standard InChI is InChI=1S/C20H18N2O3S/c1-14-5-11-17(12-6-14)26(24,25)22-20(18-3-2-4-19(18)23)16-9-7-15(13-21)8-10-16/h3,5-12,20,22H,2,4H2,1H3. The van der Waals surface area contributed by atoms with Crippen molar-refractivity contribution in [1.29, 1.82) is 5.26 Å². The Labute approximate surface area is 153 Å². The molecule has 1 unspecified atom stereocenters. The third-order valence-corrected chi connectivity index (χ3v) is 5.78. The van der Waals surface area contributed by atoms with Crippen LogP contribution in [-0.2, 0) is 14.8 Å². The molecule has 0 aromatic heterocycles. The first-order valence-corrected chi connectivity index (χ1v) is 9.71. The van der Waals surface area contributed by atoms with Gasteiger partial charge >= 0.3 is 0 Å².